The van der Waals surface area contributed by atoms with Gasteiger partial charge in [0.1, 0.15) is 5.82 Å². The average molecular weight is 322 g/mol. The molecule has 0 aliphatic carbocycles. The van der Waals surface area contributed by atoms with Crippen molar-refractivity contribution in [1.82, 2.24) is 9.97 Å². The summed E-state index contributed by atoms with van der Waals surface area (Å²) in [6.07, 6.45) is 0. The molecule has 0 aliphatic heterocycles. The number of nitrogens with two attached hydrogens (primary N) is 2. The lowest BCUT2D eigenvalue weighted by atomic mass is 9.98. The molecule has 0 aliphatic rings. The van der Waals surface area contributed by atoms with E-state index in [9.17, 15) is 9.18 Å². The molecule has 0 bridgehead atoms. The maximum absolute atomic E-state index is 13.0. The number of anilines is 2. The molecule has 1 heterocycles. The summed E-state index contributed by atoms with van der Waals surface area (Å²) in [7, 11) is 0. The van der Waals surface area contributed by atoms with Crippen molar-refractivity contribution in [2.75, 3.05) is 11.5 Å². The van der Waals surface area contributed by atoms with E-state index >= 15 is 0 Å². The van der Waals surface area contributed by atoms with Crippen LogP contribution in [0, 0.1) is 12.7 Å². The van der Waals surface area contributed by atoms with Crippen molar-refractivity contribution in [3.8, 4) is 11.3 Å². The van der Waals surface area contributed by atoms with Gasteiger partial charge in [0.2, 0.25) is 5.95 Å². The first-order chi connectivity index (χ1) is 11.4. The van der Waals surface area contributed by atoms with E-state index in [0.717, 1.165) is 5.69 Å². The minimum absolute atomic E-state index is 0.160. The Hall–Kier alpha value is -3.28. The predicted molar refractivity (Wildman–Crippen MR) is 90.9 cm³/mol. The molecule has 120 valence electrons. The second-order valence-corrected chi connectivity index (χ2v) is 5.39. The molecule has 0 amide bonds. The largest absolute Gasteiger partial charge is 0.398 e. The number of aryl methyl sites for hydroxylation is 1. The normalized spacial score (nSPS) is 10.6. The molecule has 0 saturated carbocycles. The Labute approximate surface area is 138 Å². The van der Waals surface area contributed by atoms with Gasteiger partial charge in [-0.2, -0.15) is 0 Å². The second-order valence-electron chi connectivity index (χ2n) is 5.39. The smallest absolute Gasteiger partial charge is 0.220 e. The summed E-state index contributed by atoms with van der Waals surface area (Å²) in [5, 5.41) is 0. The van der Waals surface area contributed by atoms with Crippen molar-refractivity contribution in [2.45, 2.75) is 6.92 Å². The van der Waals surface area contributed by atoms with Gasteiger partial charge < -0.3 is 11.5 Å². The molecular weight excluding hydrogens is 307 g/mol. The molecule has 6 heteroatoms. The van der Waals surface area contributed by atoms with Crippen LogP contribution in [0.25, 0.3) is 11.3 Å². The summed E-state index contributed by atoms with van der Waals surface area (Å²) in [6.45, 7) is 1.81. The highest BCUT2D eigenvalue weighted by Gasteiger charge is 2.14. The molecule has 3 aromatic rings. The fourth-order valence-electron chi connectivity index (χ4n) is 2.41. The molecule has 0 fully saturated rings. The number of halogens is 1. The third kappa shape index (κ3) is 3.08. The number of benzene rings is 2. The van der Waals surface area contributed by atoms with Crippen LogP contribution in [0.3, 0.4) is 0 Å². The molecule has 5 nitrogen and oxygen atoms in total. The van der Waals surface area contributed by atoms with Crippen LogP contribution >= 0.6 is 0 Å². The van der Waals surface area contributed by atoms with Gasteiger partial charge in [-0.05, 0) is 49.4 Å². The number of hydrogen-bond acceptors (Lipinski definition) is 5. The zero-order valence-corrected chi connectivity index (χ0v) is 13.0. The fraction of sp³-hybridized carbons (Fsp3) is 0.0556. The van der Waals surface area contributed by atoms with Crippen LogP contribution in [-0.2, 0) is 0 Å². The maximum atomic E-state index is 13.0. The van der Waals surface area contributed by atoms with E-state index in [1.807, 2.05) is 6.92 Å². The SMILES string of the molecule is Cc1cc(-c2ccc(N)c(C(=O)c3ccc(F)cc3)c2)nc(N)n1. The fourth-order valence-corrected chi connectivity index (χ4v) is 2.41. The predicted octanol–water partition coefficient (Wildman–Crippen LogP) is 2.99. The summed E-state index contributed by atoms with van der Waals surface area (Å²) in [4.78, 5) is 20.8. The van der Waals surface area contributed by atoms with Gasteiger partial charge in [-0.25, -0.2) is 14.4 Å². The molecular formula is C18H15FN4O. The second kappa shape index (κ2) is 6.08. The molecule has 0 unspecified atom stereocenters. The van der Waals surface area contributed by atoms with Gasteiger partial charge in [0, 0.05) is 28.1 Å². The Bertz CT molecular complexity index is 903. The summed E-state index contributed by atoms with van der Waals surface area (Å²) < 4.78 is 13.0. The van der Waals surface area contributed by atoms with Crippen molar-refractivity contribution < 1.29 is 9.18 Å². The third-order valence-electron chi connectivity index (χ3n) is 3.57. The molecule has 0 saturated heterocycles. The van der Waals surface area contributed by atoms with Crippen molar-refractivity contribution in [3.63, 3.8) is 0 Å². The van der Waals surface area contributed by atoms with E-state index in [2.05, 4.69) is 9.97 Å². The van der Waals surface area contributed by atoms with Crippen molar-refractivity contribution in [2.24, 2.45) is 0 Å². The lowest BCUT2D eigenvalue weighted by Crippen LogP contribution is -2.06. The minimum atomic E-state index is -0.403. The standard InChI is InChI=1S/C18H15FN4O/c1-10-8-16(23-18(21)22-10)12-4-7-15(20)14(9-12)17(24)11-2-5-13(19)6-3-11/h2-9H,20H2,1H3,(H2,21,22,23). The number of carbonyl (C=O) groups excluding carboxylic acids is 1. The van der Waals surface area contributed by atoms with Crippen molar-refractivity contribution in [1.29, 1.82) is 0 Å². The first-order valence-electron chi connectivity index (χ1n) is 7.25. The Morgan fingerprint density at radius 1 is 1.00 bits per heavy atom. The summed E-state index contributed by atoms with van der Waals surface area (Å²) in [5.41, 5.74) is 14.7. The summed E-state index contributed by atoms with van der Waals surface area (Å²) in [5.74, 6) is -0.526. The highest BCUT2D eigenvalue weighted by atomic mass is 19.1. The number of rotatable bonds is 3. The van der Waals surface area contributed by atoms with Gasteiger partial charge >= 0.3 is 0 Å². The lowest BCUT2D eigenvalue weighted by Gasteiger charge is -2.09. The van der Waals surface area contributed by atoms with E-state index in [1.54, 1.807) is 24.3 Å². The van der Waals surface area contributed by atoms with Crippen LogP contribution in [0.5, 0.6) is 0 Å². The van der Waals surface area contributed by atoms with Gasteiger partial charge in [0.05, 0.1) is 5.69 Å². The van der Waals surface area contributed by atoms with Crippen LogP contribution in [-0.4, -0.2) is 15.8 Å². The monoisotopic (exact) mass is 322 g/mol. The number of nitrogen functional groups attached to an aromatic ring is 2. The lowest BCUT2D eigenvalue weighted by molar-refractivity contribution is 0.103. The zero-order chi connectivity index (χ0) is 17.3. The third-order valence-corrected chi connectivity index (χ3v) is 3.57. The Morgan fingerprint density at radius 3 is 2.38 bits per heavy atom. The van der Waals surface area contributed by atoms with E-state index in [1.165, 1.54) is 24.3 Å². The molecule has 3 rings (SSSR count). The molecule has 24 heavy (non-hydrogen) atoms. The number of aromatic nitrogens is 2. The Morgan fingerprint density at radius 2 is 1.71 bits per heavy atom. The highest BCUT2D eigenvalue weighted by molar-refractivity contribution is 6.12. The van der Waals surface area contributed by atoms with Gasteiger partial charge in [-0.15, -0.1) is 0 Å². The Balaban J connectivity index is 2.06. The number of nitrogens with zero attached hydrogens (tertiary/aromatic N) is 2. The average Bonchev–Trinajstić information content (AvgIpc) is 2.54. The van der Waals surface area contributed by atoms with Crippen LogP contribution in [0.1, 0.15) is 21.6 Å². The van der Waals surface area contributed by atoms with Crippen LogP contribution in [0.15, 0.2) is 48.5 Å². The maximum Gasteiger partial charge on any atom is 0.220 e. The van der Waals surface area contributed by atoms with Gasteiger partial charge in [-0.3, -0.25) is 4.79 Å². The summed E-state index contributed by atoms with van der Waals surface area (Å²) >= 11 is 0. The number of carbonyl (C=O) groups is 1. The molecule has 0 spiro atoms. The van der Waals surface area contributed by atoms with Crippen molar-refractivity contribution in [3.05, 3.63) is 71.2 Å². The molecule has 1 aromatic heterocycles. The topological polar surface area (TPSA) is 94.9 Å². The van der Waals surface area contributed by atoms with Crippen molar-refractivity contribution >= 4 is 17.4 Å². The molecule has 2 aromatic carbocycles. The van der Waals surface area contributed by atoms with Gasteiger partial charge in [0.25, 0.3) is 0 Å². The summed E-state index contributed by atoms with van der Waals surface area (Å²) in [6, 6.07) is 12.2. The first kappa shape index (κ1) is 15.6. The van der Waals surface area contributed by atoms with E-state index in [4.69, 9.17) is 11.5 Å². The van der Waals surface area contributed by atoms with Crippen LogP contribution in [0.4, 0.5) is 16.0 Å². The minimum Gasteiger partial charge on any atom is -0.398 e. The first-order valence-corrected chi connectivity index (χ1v) is 7.25. The van der Waals surface area contributed by atoms with Gasteiger partial charge in [0.15, 0.2) is 5.78 Å². The van der Waals surface area contributed by atoms with Crippen LogP contribution < -0.4 is 11.5 Å². The van der Waals surface area contributed by atoms with E-state index in [0.29, 0.717) is 28.1 Å². The van der Waals surface area contributed by atoms with E-state index in [-0.39, 0.29) is 11.7 Å². The highest BCUT2D eigenvalue weighted by Crippen LogP contribution is 2.25. The molecule has 0 radical (unpaired) electrons. The molecule has 0 atom stereocenters. The van der Waals surface area contributed by atoms with E-state index < -0.39 is 5.82 Å². The Kier molecular flexibility index (Phi) is 3.95. The van der Waals surface area contributed by atoms with Crippen LogP contribution in [0.2, 0.25) is 0 Å². The zero-order valence-electron chi connectivity index (χ0n) is 13.0. The molecule has 4 N–H and O–H groups in total. The number of ketones is 1. The quantitative estimate of drug-likeness (QED) is 0.571. The number of hydrogen-bond donors (Lipinski definition) is 2. The van der Waals surface area contributed by atoms with Gasteiger partial charge in [-0.1, -0.05) is 6.07 Å².